The molecule has 0 radical (unpaired) electrons. The molecule has 6 heteroatoms. The molecule has 0 aliphatic carbocycles. The Balaban J connectivity index is 1.94. The molecule has 23 heavy (non-hydrogen) atoms. The van der Waals surface area contributed by atoms with Crippen molar-refractivity contribution < 1.29 is 14.2 Å². The number of imidazole rings is 1. The summed E-state index contributed by atoms with van der Waals surface area (Å²) in [7, 11) is 0. The smallest absolute Gasteiger partial charge is 0.140 e. The second kappa shape index (κ2) is 6.56. The van der Waals surface area contributed by atoms with E-state index in [-0.39, 0.29) is 19.0 Å². The van der Waals surface area contributed by atoms with Gasteiger partial charge in [-0.3, -0.25) is 0 Å². The Morgan fingerprint density at radius 3 is 2.78 bits per heavy atom. The van der Waals surface area contributed by atoms with E-state index >= 15 is 0 Å². The molecule has 3 rings (SSSR count). The van der Waals surface area contributed by atoms with Gasteiger partial charge in [-0.15, -0.1) is 0 Å². The highest BCUT2D eigenvalue weighted by Crippen LogP contribution is 2.31. The van der Waals surface area contributed by atoms with Crippen molar-refractivity contribution in [2.45, 2.75) is 26.7 Å². The number of hydrogen-bond donors (Lipinski definition) is 1. The van der Waals surface area contributed by atoms with Crippen molar-refractivity contribution in [3.63, 3.8) is 0 Å². The quantitative estimate of drug-likeness (QED) is 0.769. The lowest BCUT2D eigenvalue weighted by molar-refractivity contribution is 0.266. The van der Waals surface area contributed by atoms with Crippen molar-refractivity contribution in [3.05, 3.63) is 58.6 Å². The Morgan fingerprint density at radius 1 is 1.30 bits per heavy atom. The Bertz CT molecular complexity index is 848. The Morgan fingerprint density at radius 2 is 2.09 bits per heavy atom. The van der Waals surface area contributed by atoms with E-state index in [4.69, 9.17) is 16.3 Å². The highest BCUT2D eigenvalue weighted by atomic mass is 35.5. The maximum Gasteiger partial charge on any atom is 0.140 e. The second-order valence-corrected chi connectivity index (χ2v) is 5.49. The Hall–Kier alpha value is -2.11. The van der Waals surface area contributed by atoms with Gasteiger partial charge in [0.1, 0.15) is 30.6 Å². The van der Waals surface area contributed by atoms with Crippen LogP contribution in [0.5, 0.6) is 5.75 Å². The first-order chi connectivity index (χ1) is 11.1. The van der Waals surface area contributed by atoms with Crippen LogP contribution in [-0.2, 0) is 19.8 Å². The summed E-state index contributed by atoms with van der Waals surface area (Å²) in [5.41, 5.74) is 1.98. The van der Waals surface area contributed by atoms with Gasteiger partial charge < -0.3 is 14.4 Å². The number of aliphatic hydroxyl groups excluding tert-OH is 1. The van der Waals surface area contributed by atoms with Gasteiger partial charge in [-0.25, -0.2) is 9.37 Å². The number of benzene rings is 2. The van der Waals surface area contributed by atoms with Gasteiger partial charge in [0.15, 0.2) is 0 Å². The molecule has 3 aromatic rings. The van der Waals surface area contributed by atoms with Gasteiger partial charge in [0.05, 0.1) is 16.1 Å². The number of fused-ring (bicyclic) bond motifs is 1. The minimum absolute atomic E-state index is 0.0883. The van der Waals surface area contributed by atoms with Crippen LogP contribution in [0.4, 0.5) is 4.39 Å². The van der Waals surface area contributed by atoms with Gasteiger partial charge in [0, 0.05) is 18.2 Å². The molecule has 0 unspecified atom stereocenters. The van der Waals surface area contributed by atoms with E-state index in [0.717, 1.165) is 5.52 Å². The fraction of sp³-hybridized carbons (Fsp3) is 0.235. The fourth-order valence-corrected chi connectivity index (χ4v) is 2.74. The van der Waals surface area contributed by atoms with Gasteiger partial charge >= 0.3 is 0 Å². The highest BCUT2D eigenvalue weighted by Gasteiger charge is 2.13. The summed E-state index contributed by atoms with van der Waals surface area (Å²) in [6.07, 6.45) is 0. The topological polar surface area (TPSA) is 47.3 Å². The van der Waals surface area contributed by atoms with Crippen LogP contribution in [0, 0.1) is 5.82 Å². The first-order valence-electron chi connectivity index (χ1n) is 7.29. The monoisotopic (exact) mass is 334 g/mol. The molecule has 2 aromatic carbocycles. The van der Waals surface area contributed by atoms with Crippen LogP contribution in [0.3, 0.4) is 0 Å². The molecule has 0 bridgehead atoms. The molecule has 0 saturated carbocycles. The highest BCUT2D eigenvalue weighted by molar-refractivity contribution is 6.32. The van der Waals surface area contributed by atoms with Crippen molar-refractivity contribution in [2.75, 3.05) is 0 Å². The van der Waals surface area contributed by atoms with Gasteiger partial charge in [-0.2, -0.15) is 0 Å². The lowest BCUT2D eigenvalue weighted by Gasteiger charge is -2.10. The van der Waals surface area contributed by atoms with Crippen LogP contribution < -0.4 is 4.74 Å². The summed E-state index contributed by atoms with van der Waals surface area (Å²) in [6, 6.07) is 9.92. The van der Waals surface area contributed by atoms with Crippen LogP contribution in [0.1, 0.15) is 18.3 Å². The zero-order chi connectivity index (χ0) is 16.4. The largest absolute Gasteiger partial charge is 0.487 e. The lowest BCUT2D eigenvalue weighted by atomic mass is 10.2. The van der Waals surface area contributed by atoms with E-state index in [9.17, 15) is 9.50 Å². The molecule has 120 valence electrons. The maximum atomic E-state index is 13.7. The number of hydrogen-bond acceptors (Lipinski definition) is 3. The number of aliphatic hydroxyl groups is 1. The van der Waals surface area contributed by atoms with Crippen molar-refractivity contribution in [1.82, 2.24) is 9.55 Å². The predicted molar refractivity (Wildman–Crippen MR) is 87.1 cm³/mol. The van der Waals surface area contributed by atoms with E-state index in [1.165, 1.54) is 6.07 Å². The Kier molecular flexibility index (Phi) is 4.50. The summed E-state index contributed by atoms with van der Waals surface area (Å²) in [6.45, 7) is 2.58. The number of nitrogens with zero attached hydrogens (tertiary/aromatic N) is 2. The molecular formula is C17H16ClFN2O2. The van der Waals surface area contributed by atoms with Crippen molar-refractivity contribution >= 4 is 22.6 Å². The standard InChI is InChI=1S/C17H16ClFN2O2/c1-2-21-15-8-16(12(18)7-14(15)20-17(21)9-22)23-10-11-5-3-4-6-13(11)19/h3-8,22H,2,9-10H2,1H3. The number of aryl methyl sites for hydroxylation is 1. The summed E-state index contributed by atoms with van der Waals surface area (Å²) >= 11 is 6.23. The summed E-state index contributed by atoms with van der Waals surface area (Å²) in [5, 5.41) is 9.78. The number of ether oxygens (including phenoxy) is 1. The van der Waals surface area contributed by atoms with Gasteiger partial charge in [0.2, 0.25) is 0 Å². The predicted octanol–water partition coefficient (Wildman–Crippen LogP) is 3.92. The summed E-state index contributed by atoms with van der Waals surface area (Å²) in [4.78, 5) is 4.35. The SMILES string of the molecule is CCn1c(CO)nc2cc(Cl)c(OCc3ccccc3F)cc21. The van der Waals surface area contributed by atoms with E-state index in [2.05, 4.69) is 4.98 Å². The average Bonchev–Trinajstić information content (AvgIpc) is 2.90. The second-order valence-electron chi connectivity index (χ2n) is 5.08. The fourth-order valence-electron chi connectivity index (χ4n) is 2.53. The molecule has 1 aromatic heterocycles. The molecule has 1 N–H and O–H groups in total. The van der Waals surface area contributed by atoms with Gasteiger partial charge in [-0.05, 0) is 19.1 Å². The van der Waals surface area contributed by atoms with Crippen molar-refractivity contribution in [3.8, 4) is 5.75 Å². The molecule has 0 aliphatic rings. The third kappa shape index (κ3) is 3.02. The molecule has 0 saturated heterocycles. The third-order valence-corrected chi connectivity index (χ3v) is 3.97. The van der Waals surface area contributed by atoms with Gasteiger partial charge in [-0.1, -0.05) is 29.8 Å². The van der Waals surface area contributed by atoms with Crippen LogP contribution in [0.2, 0.25) is 5.02 Å². The van der Waals surface area contributed by atoms with Crippen LogP contribution in [0.15, 0.2) is 36.4 Å². The zero-order valence-electron chi connectivity index (χ0n) is 12.6. The normalized spacial score (nSPS) is 11.1. The minimum atomic E-state index is -0.314. The van der Waals surface area contributed by atoms with E-state index < -0.39 is 0 Å². The number of halogens is 2. The molecule has 4 nitrogen and oxygen atoms in total. The molecule has 0 aliphatic heterocycles. The molecule has 0 spiro atoms. The Labute approximate surface area is 138 Å². The average molecular weight is 335 g/mol. The molecule has 0 amide bonds. The summed E-state index contributed by atoms with van der Waals surface area (Å²) < 4.78 is 21.2. The van der Waals surface area contributed by atoms with Gasteiger partial charge in [0.25, 0.3) is 0 Å². The number of aromatic nitrogens is 2. The summed E-state index contributed by atoms with van der Waals surface area (Å²) in [5.74, 6) is 0.720. The first kappa shape index (κ1) is 15.8. The van der Waals surface area contributed by atoms with Crippen molar-refractivity contribution in [1.29, 1.82) is 0 Å². The minimum Gasteiger partial charge on any atom is -0.487 e. The third-order valence-electron chi connectivity index (χ3n) is 3.68. The van der Waals surface area contributed by atoms with Crippen LogP contribution in [0.25, 0.3) is 11.0 Å². The molecule has 0 atom stereocenters. The molecule has 0 fully saturated rings. The van der Waals surface area contributed by atoms with Crippen molar-refractivity contribution in [2.24, 2.45) is 0 Å². The van der Waals surface area contributed by atoms with Crippen LogP contribution in [-0.4, -0.2) is 14.7 Å². The maximum absolute atomic E-state index is 13.7. The molecule has 1 heterocycles. The van der Waals surface area contributed by atoms with Crippen LogP contribution >= 0.6 is 11.6 Å². The number of rotatable bonds is 5. The zero-order valence-corrected chi connectivity index (χ0v) is 13.3. The lowest BCUT2D eigenvalue weighted by Crippen LogP contribution is -2.02. The first-order valence-corrected chi connectivity index (χ1v) is 7.67. The van der Waals surface area contributed by atoms with E-state index in [0.29, 0.717) is 34.2 Å². The van der Waals surface area contributed by atoms with E-state index in [1.54, 1.807) is 30.3 Å². The molecular weight excluding hydrogens is 319 g/mol. The van der Waals surface area contributed by atoms with E-state index in [1.807, 2.05) is 11.5 Å².